The lowest BCUT2D eigenvalue weighted by Gasteiger charge is -2.01. The number of hydrogen-bond donors (Lipinski definition) is 2. The van der Waals surface area contributed by atoms with Crippen LogP contribution in [0.15, 0.2) is 36.4 Å². The van der Waals surface area contributed by atoms with E-state index in [4.69, 9.17) is 28.9 Å². The summed E-state index contributed by atoms with van der Waals surface area (Å²) in [4.78, 5) is 64.9. The molecule has 0 aromatic carbocycles. The number of H-pyrrole nitrogens is 2. The Morgan fingerprint density at radius 1 is 0.521 bits per heavy atom. The summed E-state index contributed by atoms with van der Waals surface area (Å²) in [5.74, 6) is -1.29. The van der Waals surface area contributed by atoms with Crippen molar-refractivity contribution in [1.29, 1.82) is 0 Å². The molecule has 250 valence electrons. The lowest BCUT2D eigenvalue weighted by Crippen LogP contribution is -2.01. The molecule has 3 aromatic heterocycles. The van der Waals surface area contributed by atoms with E-state index in [0.29, 0.717) is 48.5 Å². The van der Waals surface area contributed by atoms with Crippen LogP contribution in [-0.4, -0.2) is 72.3 Å². The molecule has 0 radical (unpaired) electrons. The normalized spacial score (nSPS) is 12.2. The van der Waals surface area contributed by atoms with Gasteiger partial charge in [-0.1, -0.05) is 0 Å². The number of aromatic nitrogens is 4. The van der Waals surface area contributed by atoms with Gasteiger partial charge in [0.1, 0.15) is 0 Å². The van der Waals surface area contributed by atoms with E-state index in [1.54, 1.807) is 0 Å². The minimum atomic E-state index is -0.328. The zero-order chi connectivity index (χ0) is 34.2. The van der Waals surface area contributed by atoms with Crippen LogP contribution in [0.3, 0.4) is 0 Å². The maximum atomic E-state index is 12.0. The van der Waals surface area contributed by atoms with Crippen molar-refractivity contribution in [1.82, 2.24) is 19.9 Å². The second-order valence-corrected chi connectivity index (χ2v) is 11.4. The summed E-state index contributed by atoms with van der Waals surface area (Å²) in [7, 11) is 5.44. The van der Waals surface area contributed by atoms with Gasteiger partial charge in [-0.2, -0.15) is 0 Å². The fourth-order valence-electron chi connectivity index (χ4n) is 5.64. The fraction of sp³-hybridized carbons (Fsp3) is 0.333. The first kappa shape index (κ1) is 33.8. The molecule has 5 rings (SSSR count). The number of esters is 4. The Kier molecular flexibility index (Phi) is 10.8. The van der Waals surface area contributed by atoms with Crippen LogP contribution in [0.2, 0.25) is 0 Å². The van der Waals surface area contributed by atoms with Crippen molar-refractivity contribution in [3.05, 3.63) is 70.3 Å². The Morgan fingerprint density at radius 2 is 0.917 bits per heavy atom. The average Bonchev–Trinajstić information content (AvgIpc) is 3.86. The molecule has 0 amide bonds. The van der Waals surface area contributed by atoms with Gasteiger partial charge in [-0.05, 0) is 96.5 Å². The summed E-state index contributed by atoms with van der Waals surface area (Å²) in [5.41, 5.74) is 9.22. The number of carbonyl (C=O) groups excluding carboxylic acids is 4. The second-order valence-electron chi connectivity index (χ2n) is 11.4. The first-order chi connectivity index (χ1) is 23.2. The Morgan fingerprint density at radius 3 is 1.40 bits per heavy atom. The van der Waals surface area contributed by atoms with Crippen LogP contribution in [0, 0.1) is 0 Å². The first-order valence-electron chi connectivity index (χ1n) is 15.6. The number of aromatic amines is 2. The van der Waals surface area contributed by atoms with Crippen molar-refractivity contribution in [3.8, 4) is 0 Å². The van der Waals surface area contributed by atoms with Crippen molar-refractivity contribution in [2.75, 3.05) is 28.4 Å². The highest BCUT2D eigenvalue weighted by molar-refractivity contribution is 5.89. The molecule has 0 spiro atoms. The van der Waals surface area contributed by atoms with Gasteiger partial charge in [-0.15, -0.1) is 0 Å². The molecular weight excluding hydrogens is 616 g/mol. The molecule has 0 fully saturated rings. The monoisotopic (exact) mass is 654 g/mol. The van der Waals surface area contributed by atoms with Crippen molar-refractivity contribution < 1.29 is 38.1 Å². The summed E-state index contributed by atoms with van der Waals surface area (Å²) < 4.78 is 19.5. The van der Waals surface area contributed by atoms with E-state index >= 15 is 0 Å². The van der Waals surface area contributed by atoms with E-state index in [-0.39, 0.29) is 49.6 Å². The van der Waals surface area contributed by atoms with E-state index in [1.165, 1.54) is 28.4 Å². The van der Waals surface area contributed by atoms with Crippen molar-refractivity contribution >= 4 is 69.2 Å². The third-order valence-corrected chi connectivity index (χ3v) is 8.18. The van der Waals surface area contributed by atoms with E-state index in [1.807, 2.05) is 48.6 Å². The van der Waals surface area contributed by atoms with Gasteiger partial charge in [0.05, 0.1) is 51.2 Å². The molecule has 0 unspecified atom stereocenters. The third-order valence-electron chi connectivity index (χ3n) is 8.18. The zero-order valence-corrected chi connectivity index (χ0v) is 27.4. The standard InChI is InChI=1S/C36H38N4O8/c1-45-33(41)9-5-21-13-25-18-30-23(7-11-35(43)47-3)15-27(39-30)20-32-24(8-12-36(44)48-4)16-28(40-32)19-31-22(6-10-34(42)46-2)14-26(38-31)17-29(21)37-25/h13-20,37-38H,5-12H2,1-4H3. The van der Waals surface area contributed by atoms with Gasteiger partial charge in [0.2, 0.25) is 0 Å². The van der Waals surface area contributed by atoms with Gasteiger partial charge in [0, 0.05) is 47.8 Å². The third kappa shape index (κ3) is 8.44. The van der Waals surface area contributed by atoms with E-state index in [2.05, 4.69) is 9.97 Å². The van der Waals surface area contributed by atoms with Crippen molar-refractivity contribution in [2.24, 2.45) is 0 Å². The number of rotatable bonds is 12. The smallest absolute Gasteiger partial charge is 0.305 e. The van der Waals surface area contributed by atoms with Crippen molar-refractivity contribution in [3.63, 3.8) is 0 Å². The Labute approximate surface area is 277 Å². The molecule has 0 atom stereocenters. The molecule has 2 N–H and O–H groups in total. The molecule has 12 nitrogen and oxygen atoms in total. The Bertz CT molecular complexity index is 1970. The van der Waals surface area contributed by atoms with Crippen LogP contribution >= 0.6 is 0 Å². The van der Waals surface area contributed by atoms with Gasteiger partial charge in [-0.3, -0.25) is 19.2 Å². The predicted molar refractivity (Wildman–Crippen MR) is 180 cm³/mol. The summed E-state index contributed by atoms with van der Waals surface area (Å²) in [6, 6.07) is 11.6. The minimum Gasteiger partial charge on any atom is -0.469 e. The Hall–Kier alpha value is -5.52. The molecule has 5 heterocycles. The van der Waals surface area contributed by atoms with Crippen LogP contribution in [0.1, 0.15) is 72.4 Å². The summed E-state index contributed by atoms with van der Waals surface area (Å²) in [6.07, 6.45) is 6.30. The number of nitrogens with one attached hydrogen (secondary N) is 2. The van der Waals surface area contributed by atoms with E-state index in [9.17, 15) is 19.2 Å². The van der Waals surface area contributed by atoms with Crippen LogP contribution in [0.25, 0.3) is 45.4 Å². The van der Waals surface area contributed by atoms with E-state index < -0.39 is 0 Å². The number of ether oxygens (including phenoxy) is 4. The molecule has 8 bridgehead atoms. The topological polar surface area (TPSA) is 163 Å². The van der Waals surface area contributed by atoms with Crippen LogP contribution in [0.4, 0.5) is 0 Å². The maximum absolute atomic E-state index is 12.0. The lowest BCUT2D eigenvalue weighted by atomic mass is 10.1. The van der Waals surface area contributed by atoms with Gasteiger partial charge in [-0.25, -0.2) is 9.97 Å². The molecule has 0 aliphatic carbocycles. The molecule has 3 aromatic rings. The SMILES string of the molecule is COC(=O)CCC1=Cc2cc3[nH]c(cc3CCC(=O)OC)cc3[nH]c(cc4nc(cc1n2)C=C4CCC(=O)OC)cc3CCC(=O)OC. The van der Waals surface area contributed by atoms with Crippen LogP contribution < -0.4 is 0 Å². The molecule has 12 heteroatoms. The number of allylic oxidation sites excluding steroid dienone is 2. The molecule has 0 saturated carbocycles. The number of fused-ring (bicyclic) bond motifs is 8. The van der Waals surface area contributed by atoms with Crippen LogP contribution in [0.5, 0.6) is 0 Å². The first-order valence-corrected chi connectivity index (χ1v) is 15.6. The zero-order valence-electron chi connectivity index (χ0n) is 27.4. The minimum absolute atomic E-state index is 0.180. The number of nitrogens with zero attached hydrogens (tertiary/aromatic N) is 2. The molecule has 0 saturated heterocycles. The highest BCUT2D eigenvalue weighted by Gasteiger charge is 2.17. The number of aryl methyl sites for hydroxylation is 2. The number of hydrogen-bond acceptors (Lipinski definition) is 10. The maximum Gasteiger partial charge on any atom is 0.305 e. The number of methoxy groups -OCH3 is 4. The molecule has 2 aliphatic rings. The van der Waals surface area contributed by atoms with Crippen LogP contribution in [-0.2, 0) is 51.0 Å². The summed E-state index contributed by atoms with van der Waals surface area (Å²) in [5, 5.41) is 0. The van der Waals surface area contributed by atoms with Gasteiger partial charge < -0.3 is 28.9 Å². The van der Waals surface area contributed by atoms with Gasteiger partial charge in [0.15, 0.2) is 0 Å². The largest absolute Gasteiger partial charge is 0.469 e. The number of carbonyl (C=O) groups is 4. The molecule has 2 aliphatic heterocycles. The molecule has 48 heavy (non-hydrogen) atoms. The van der Waals surface area contributed by atoms with E-state index in [0.717, 1.165) is 44.3 Å². The summed E-state index contributed by atoms with van der Waals surface area (Å²) >= 11 is 0. The summed E-state index contributed by atoms with van der Waals surface area (Å²) in [6.45, 7) is 0. The lowest BCUT2D eigenvalue weighted by molar-refractivity contribution is -0.141. The second kappa shape index (κ2) is 15.4. The average molecular weight is 655 g/mol. The molecular formula is C36H38N4O8. The highest BCUT2D eigenvalue weighted by atomic mass is 16.5. The Balaban J connectivity index is 1.74. The quantitative estimate of drug-likeness (QED) is 0.188. The van der Waals surface area contributed by atoms with Gasteiger partial charge >= 0.3 is 23.9 Å². The van der Waals surface area contributed by atoms with Gasteiger partial charge in [0.25, 0.3) is 0 Å². The highest BCUT2D eigenvalue weighted by Crippen LogP contribution is 2.31. The predicted octanol–water partition coefficient (Wildman–Crippen LogP) is 5.51. The van der Waals surface area contributed by atoms with Crippen molar-refractivity contribution in [2.45, 2.75) is 51.4 Å². The fourth-order valence-corrected chi connectivity index (χ4v) is 5.64.